The van der Waals surface area contributed by atoms with Crippen LogP contribution in [0.15, 0.2) is 361 Å². The Labute approximate surface area is 648 Å². The van der Waals surface area contributed by atoms with E-state index in [1.807, 2.05) is 36.4 Å². The van der Waals surface area contributed by atoms with Crippen LogP contribution in [-0.2, 0) is 0 Å². The van der Waals surface area contributed by atoms with Gasteiger partial charge in [0.05, 0.1) is 44.3 Å². The lowest BCUT2D eigenvalue weighted by molar-refractivity contribution is 0.669. The molecule has 10 nitrogen and oxygen atoms in total. The van der Waals surface area contributed by atoms with Gasteiger partial charge in [0.2, 0.25) is 0 Å². The number of thiophene rings is 1. The molecule has 0 spiro atoms. The van der Waals surface area contributed by atoms with E-state index in [9.17, 15) is 0 Å². The zero-order valence-electron chi connectivity index (χ0n) is 60.3. The third-order valence-corrected chi connectivity index (χ3v) is 24.1. The highest BCUT2D eigenvalue weighted by Gasteiger charge is 2.27. The van der Waals surface area contributed by atoms with Crippen LogP contribution in [0.25, 0.3) is 242 Å². The second kappa shape index (κ2) is 24.7. The first-order chi connectivity index (χ1) is 56.0. The van der Waals surface area contributed by atoms with Gasteiger partial charge in [-0.25, -0.2) is 29.9 Å². The van der Waals surface area contributed by atoms with Crippen molar-refractivity contribution < 1.29 is 8.83 Å². The number of hydrogen-bond donors (Lipinski definition) is 0. The van der Waals surface area contributed by atoms with Gasteiger partial charge in [0, 0.05) is 85.8 Å². The van der Waals surface area contributed by atoms with Crippen LogP contribution in [0.4, 0.5) is 0 Å². The summed E-state index contributed by atoms with van der Waals surface area (Å²) in [5.41, 5.74) is 19.1. The Hall–Kier alpha value is -15.0. The molecule has 7 aromatic heterocycles. The lowest BCUT2D eigenvalue weighted by Crippen LogP contribution is -2.00. The fourth-order valence-electron chi connectivity index (χ4n) is 17.8. The Morgan fingerprint density at radius 3 is 1.26 bits per heavy atom. The summed E-state index contributed by atoms with van der Waals surface area (Å²) < 4.78 is 21.4. The molecule has 0 fully saturated rings. The maximum absolute atomic E-state index is 7.14. The van der Waals surface area contributed by atoms with Gasteiger partial charge in [-0.3, -0.25) is 0 Å². The van der Waals surface area contributed by atoms with Crippen molar-refractivity contribution >= 4 is 151 Å². The van der Waals surface area contributed by atoms with Crippen LogP contribution in [0.2, 0.25) is 0 Å². The standard InChI is InChI=1S/C102H58N8O2S/c1-4-23-60(24-5-1)97-103-99(106-100(104-97)80-39-20-37-78-91-86(43-22-45-88(91)112-95(78)80)110-85-42-16-13-32-72(85)75-56-55-74-71-31-12-15-41-84(71)109(92(74)93(75)110)65-27-8-3-9-28-65)62-49-47-59(48-50-62)63-51-53-69-70-54-52-64(58-83(70)68-30-11-10-29-67(68)82(69)57-63)66-34-21-44-87-90(66)77-36-19-38-79(94(77)111-87)101-105-98(61-25-6-2-7-26-61)107-102(108-101)81-40-18-35-76-73-33-14-17-46-89(73)113-96(76)81/h1-58H. The Morgan fingerprint density at radius 2 is 0.628 bits per heavy atom. The molecule has 7 heterocycles. The zero-order chi connectivity index (χ0) is 73.9. The summed E-state index contributed by atoms with van der Waals surface area (Å²) >= 11 is 1.77. The van der Waals surface area contributed by atoms with Crippen LogP contribution < -0.4 is 0 Å². The number of benzene rings is 17. The van der Waals surface area contributed by atoms with Crippen LogP contribution in [0.3, 0.4) is 0 Å². The molecule has 24 aromatic rings. The first-order valence-corrected chi connectivity index (χ1v) is 38.8. The van der Waals surface area contributed by atoms with E-state index < -0.39 is 0 Å². The Kier molecular flexibility index (Phi) is 13.8. The number of nitrogens with zero attached hydrogens (tertiary/aromatic N) is 8. The highest BCUT2D eigenvalue weighted by atomic mass is 32.1. The van der Waals surface area contributed by atoms with E-state index >= 15 is 0 Å². The van der Waals surface area contributed by atoms with E-state index in [1.165, 1.54) is 69.3 Å². The number of furan rings is 2. The Balaban J connectivity index is 0.593. The van der Waals surface area contributed by atoms with Gasteiger partial charge in [-0.1, -0.05) is 273 Å². The molecule has 0 unspecified atom stereocenters. The number of para-hydroxylation sites is 5. The van der Waals surface area contributed by atoms with Crippen LogP contribution in [0.1, 0.15) is 0 Å². The molecule has 524 valence electrons. The summed E-state index contributed by atoms with van der Waals surface area (Å²) in [5, 5.41) is 18.2. The Morgan fingerprint density at radius 1 is 0.230 bits per heavy atom. The molecular formula is C102H58N8O2S. The molecule has 0 radical (unpaired) electrons. The van der Waals surface area contributed by atoms with Crippen molar-refractivity contribution in [2.45, 2.75) is 0 Å². The summed E-state index contributed by atoms with van der Waals surface area (Å²) in [6.45, 7) is 0. The van der Waals surface area contributed by atoms with Gasteiger partial charge < -0.3 is 18.0 Å². The summed E-state index contributed by atoms with van der Waals surface area (Å²) in [7, 11) is 0. The molecule has 0 bridgehead atoms. The molecular weight excluding hydrogens is 1400 g/mol. The van der Waals surface area contributed by atoms with Gasteiger partial charge in [0.25, 0.3) is 0 Å². The minimum absolute atomic E-state index is 0.513. The van der Waals surface area contributed by atoms with Gasteiger partial charge in [-0.15, -0.1) is 11.3 Å². The second-order valence-corrected chi connectivity index (χ2v) is 30.1. The summed E-state index contributed by atoms with van der Waals surface area (Å²) in [6.07, 6.45) is 0. The molecule has 0 saturated carbocycles. The molecule has 17 aromatic carbocycles. The monoisotopic (exact) mass is 1460 g/mol. The van der Waals surface area contributed by atoms with E-state index in [-0.39, 0.29) is 0 Å². The quantitative estimate of drug-likeness (QED) is 0.124. The van der Waals surface area contributed by atoms with Crippen LogP contribution in [0, 0.1) is 0 Å². The molecule has 24 rings (SSSR count). The third-order valence-electron chi connectivity index (χ3n) is 22.8. The first kappa shape index (κ1) is 62.9. The van der Waals surface area contributed by atoms with Crippen molar-refractivity contribution in [1.82, 2.24) is 39.0 Å². The molecule has 113 heavy (non-hydrogen) atoms. The summed E-state index contributed by atoms with van der Waals surface area (Å²) in [4.78, 5) is 31.6. The first-order valence-electron chi connectivity index (χ1n) is 38.0. The van der Waals surface area contributed by atoms with E-state index in [1.54, 1.807) is 11.3 Å². The molecule has 0 aliphatic rings. The van der Waals surface area contributed by atoms with Crippen LogP contribution >= 0.6 is 11.3 Å². The lowest BCUT2D eigenvalue weighted by Gasteiger charge is -2.14. The molecule has 0 N–H and O–H groups in total. The lowest BCUT2D eigenvalue weighted by atomic mass is 9.89. The van der Waals surface area contributed by atoms with E-state index in [0.717, 1.165) is 132 Å². The molecule has 0 saturated heterocycles. The number of fused-ring (bicyclic) bond motifs is 22. The van der Waals surface area contributed by atoms with Gasteiger partial charge in [-0.05, 0) is 133 Å². The van der Waals surface area contributed by atoms with Gasteiger partial charge in [0.1, 0.15) is 22.3 Å². The van der Waals surface area contributed by atoms with Crippen molar-refractivity contribution in [1.29, 1.82) is 0 Å². The van der Waals surface area contributed by atoms with Crippen LogP contribution in [-0.4, -0.2) is 39.0 Å². The van der Waals surface area contributed by atoms with E-state index in [2.05, 4.69) is 325 Å². The summed E-state index contributed by atoms with van der Waals surface area (Å²) in [5.74, 6) is 3.38. The summed E-state index contributed by atoms with van der Waals surface area (Å²) in [6, 6.07) is 125. The molecule has 0 atom stereocenters. The maximum Gasteiger partial charge on any atom is 0.167 e. The minimum atomic E-state index is 0.513. The topological polar surface area (TPSA) is 113 Å². The fraction of sp³-hybridized carbons (Fsp3) is 0. The predicted octanol–water partition coefficient (Wildman–Crippen LogP) is 27.2. The van der Waals surface area contributed by atoms with Crippen molar-refractivity contribution in [3.05, 3.63) is 352 Å². The molecule has 11 heteroatoms. The van der Waals surface area contributed by atoms with E-state index in [4.69, 9.17) is 38.7 Å². The average molecular weight is 1460 g/mol. The minimum Gasteiger partial charge on any atom is -0.455 e. The van der Waals surface area contributed by atoms with Crippen molar-refractivity contribution in [3.8, 4) is 102 Å². The maximum atomic E-state index is 7.14. The average Bonchev–Trinajstić information content (AvgIpc) is 1.54. The third kappa shape index (κ3) is 9.72. The smallest absolute Gasteiger partial charge is 0.167 e. The van der Waals surface area contributed by atoms with Gasteiger partial charge in [0.15, 0.2) is 34.9 Å². The largest absolute Gasteiger partial charge is 0.455 e. The SMILES string of the molecule is c1ccc(-c2nc(-c3ccc(-c4ccc5c6ccc(-c7cccc8oc9c(-c%10nc(-c%11ccccc%11)nc(-c%11cccc%12c%11sc%11ccccc%11%12)n%10)cccc9c78)cc6c6ccccc6c5c4)cc3)nc(-c3cccc4c3oc3cccc(-n5c6ccccc6c6ccc7c8ccccc8n(-c8ccccc8)c7c65)c34)n2)cc1. The van der Waals surface area contributed by atoms with Gasteiger partial charge in [-0.2, -0.15) is 0 Å². The highest BCUT2D eigenvalue weighted by Crippen LogP contribution is 2.49. The second-order valence-electron chi connectivity index (χ2n) is 29.1. The molecule has 0 aliphatic carbocycles. The number of aromatic nitrogens is 8. The van der Waals surface area contributed by atoms with E-state index in [0.29, 0.717) is 40.5 Å². The van der Waals surface area contributed by atoms with Crippen molar-refractivity contribution in [2.75, 3.05) is 0 Å². The van der Waals surface area contributed by atoms with Crippen molar-refractivity contribution in [3.63, 3.8) is 0 Å². The van der Waals surface area contributed by atoms with Crippen molar-refractivity contribution in [2.24, 2.45) is 0 Å². The fourth-order valence-corrected chi connectivity index (χ4v) is 19.0. The van der Waals surface area contributed by atoms with Crippen LogP contribution in [0.5, 0.6) is 0 Å². The van der Waals surface area contributed by atoms with Gasteiger partial charge >= 0.3 is 0 Å². The number of rotatable bonds is 10. The highest BCUT2D eigenvalue weighted by molar-refractivity contribution is 7.26. The molecule has 0 aliphatic heterocycles. The zero-order valence-corrected chi connectivity index (χ0v) is 61.1. The normalized spacial score (nSPS) is 12.1. The predicted molar refractivity (Wildman–Crippen MR) is 465 cm³/mol. The number of hydrogen-bond acceptors (Lipinski definition) is 9. The Bertz CT molecular complexity index is 8100. The molecule has 0 amide bonds.